The number of amides is 2. The predicted octanol–water partition coefficient (Wildman–Crippen LogP) is 1.31. The molecule has 0 fully saturated rings. The number of aromatic amines is 1. The Morgan fingerprint density at radius 2 is 2.35 bits per heavy atom. The van der Waals surface area contributed by atoms with Crippen molar-refractivity contribution in [2.75, 3.05) is 17.7 Å². The molecule has 0 radical (unpaired) electrons. The van der Waals surface area contributed by atoms with Crippen LogP contribution in [0.15, 0.2) is 23.1 Å². The lowest BCUT2D eigenvalue weighted by atomic mass is 10.3. The topological polar surface area (TPSA) is 98.9 Å². The van der Waals surface area contributed by atoms with Gasteiger partial charge < -0.3 is 16.0 Å². The maximum atomic E-state index is 11.6. The minimum Gasteiger partial charge on any atom is -0.344 e. The lowest BCUT2D eigenvalue weighted by molar-refractivity contribution is 0.254. The van der Waals surface area contributed by atoms with Gasteiger partial charge in [0.2, 0.25) is 0 Å². The highest BCUT2D eigenvalue weighted by molar-refractivity contribution is 7.11. The van der Waals surface area contributed by atoms with Crippen molar-refractivity contribution >= 4 is 33.9 Å². The number of H-pyrrole nitrogens is 1. The van der Waals surface area contributed by atoms with Crippen molar-refractivity contribution < 1.29 is 4.79 Å². The van der Waals surface area contributed by atoms with E-state index in [1.807, 2.05) is 0 Å². The first-order valence-corrected chi connectivity index (χ1v) is 6.35. The molecule has 0 saturated carbocycles. The number of terminal acetylenes is 1. The molecule has 7 nitrogen and oxygen atoms in total. The second-order valence-corrected chi connectivity index (χ2v) is 4.46. The first-order chi connectivity index (χ1) is 9.63. The number of anilines is 3. The Bertz CT molecular complexity index is 728. The van der Waals surface area contributed by atoms with Crippen molar-refractivity contribution in [2.45, 2.75) is 0 Å². The van der Waals surface area contributed by atoms with Crippen molar-refractivity contribution in [3.63, 3.8) is 0 Å². The smallest absolute Gasteiger partial charge is 0.319 e. The summed E-state index contributed by atoms with van der Waals surface area (Å²) in [5.74, 6) is 2.42. The van der Waals surface area contributed by atoms with Crippen LogP contribution >= 0.6 is 11.5 Å². The van der Waals surface area contributed by atoms with Gasteiger partial charge in [-0.05, 0) is 23.7 Å². The average molecular weight is 289 g/mol. The fourth-order valence-corrected chi connectivity index (χ4v) is 2.11. The van der Waals surface area contributed by atoms with E-state index in [4.69, 9.17) is 6.42 Å². The molecule has 0 aromatic carbocycles. The second kappa shape index (κ2) is 5.90. The van der Waals surface area contributed by atoms with Gasteiger partial charge in [-0.2, -0.15) is 0 Å². The summed E-state index contributed by atoms with van der Waals surface area (Å²) in [5, 5.41) is 8.32. The van der Waals surface area contributed by atoms with Gasteiger partial charge in [0.1, 0.15) is 16.4 Å². The summed E-state index contributed by atoms with van der Waals surface area (Å²) < 4.78 is 2.54. The summed E-state index contributed by atoms with van der Waals surface area (Å²) in [5.41, 5.74) is 0.905. The zero-order valence-electron chi connectivity index (χ0n) is 10.5. The highest BCUT2D eigenvalue weighted by Gasteiger charge is 2.13. The maximum absolute atomic E-state index is 11.6. The Balaban J connectivity index is 2.27. The van der Waals surface area contributed by atoms with Crippen LogP contribution in [-0.4, -0.2) is 22.4 Å². The molecule has 2 rings (SSSR count). The number of rotatable bonds is 3. The van der Waals surface area contributed by atoms with Gasteiger partial charge in [0.15, 0.2) is 0 Å². The fourth-order valence-electron chi connectivity index (χ4n) is 1.40. The number of hydrogen-bond donors (Lipinski definition) is 4. The maximum Gasteiger partial charge on any atom is 0.319 e. The third kappa shape index (κ3) is 2.96. The van der Waals surface area contributed by atoms with Crippen LogP contribution in [-0.2, 0) is 0 Å². The predicted molar refractivity (Wildman–Crippen MR) is 78.5 cm³/mol. The monoisotopic (exact) mass is 289 g/mol. The number of urea groups is 1. The molecule has 2 heterocycles. The molecule has 2 aromatic rings. The molecule has 4 N–H and O–H groups in total. The minimum atomic E-state index is -0.476. The average Bonchev–Trinajstić information content (AvgIpc) is 2.80. The van der Waals surface area contributed by atoms with Crippen molar-refractivity contribution in [1.29, 1.82) is 0 Å². The molecule has 0 aliphatic rings. The van der Waals surface area contributed by atoms with Crippen LogP contribution in [0.3, 0.4) is 0 Å². The molecule has 8 heteroatoms. The first-order valence-electron chi connectivity index (χ1n) is 5.54. The van der Waals surface area contributed by atoms with Crippen molar-refractivity contribution in [3.8, 4) is 12.3 Å². The van der Waals surface area contributed by atoms with E-state index >= 15 is 0 Å². The number of carbonyl (C=O) groups excluding carboxylic acids is 1. The molecule has 0 atom stereocenters. The largest absolute Gasteiger partial charge is 0.344 e. The molecule has 0 bridgehead atoms. The van der Waals surface area contributed by atoms with E-state index in [0.29, 0.717) is 16.4 Å². The molecule has 0 spiro atoms. The van der Waals surface area contributed by atoms with Gasteiger partial charge in [-0.3, -0.25) is 9.17 Å². The highest BCUT2D eigenvalue weighted by atomic mass is 32.1. The van der Waals surface area contributed by atoms with Gasteiger partial charge in [-0.25, -0.2) is 9.78 Å². The van der Waals surface area contributed by atoms with E-state index in [-0.39, 0.29) is 11.2 Å². The normalized spacial score (nSPS) is 9.60. The standard InChI is InChI=1S/C12H11N5O2S/c1-3-7-6-8(4-5-14-7)15-11-9(10(18)17-20-11)16-12(19)13-2/h1,4-6H,2H3,(H,14,15)(H,17,18)(H2,13,16,19). The third-order valence-corrected chi connectivity index (χ3v) is 3.13. The molecule has 2 aromatic heterocycles. The lowest BCUT2D eigenvalue weighted by Gasteiger charge is -2.07. The number of hydrogen-bond acceptors (Lipinski definition) is 5. The minimum absolute atomic E-state index is 0.147. The number of carbonyl (C=O) groups is 1. The molecule has 2 amide bonds. The van der Waals surface area contributed by atoms with Crippen molar-refractivity contribution in [2.24, 2.45) is 0 Å². The van der Waals surface area contributed by atoms with E-state index in [1.165, 1.54) is 7.05 Å². The van der Waals surface area contributed by atoms with Gasteiger partial charge >= 0.3 is 6.03 Å². The molecule has 0 aliphatic heterocycles. The number of nitrogens with one attached hydrogen (secondary N) is 4. The highest BCUT2D eigenvalue weighted by Crippen LogP contribution is 2.26. The zero-order chi connectivity index (χ0) is 14.5. The Kier molecular flexibility index (Phi) is 4.02. The summed E-state index contributed by atoms with van der Waals surface area (Å²) in [7, 11) is 1.46. The van der Waals surface area contributed by atoms with Crippen LogP contribution < -0.4 is 21.5 Å². The van der Waals surface area contributed by atoms with Gasteiger partial charge in [-0.15, -0.1) is 6.42 Å². The summed E-state index contributed by atoms with van der Waals surface area (Å²) in [4.78, 5) is 26.9. The van der Waals surface area contributed by atoms with Crippen LogP contribution in [0.25, 0.3) is 0 Å². The Morgan fingerprint density at radius 1 is 1.55 bits per heavy atom. The van der Waals surface area contributed by atoms with Crippen LogP contribution in [0.5, 0.6) is 0 Å². The van der Waals surface area contributed by atoms with Crippen LogP contribution in [0, 0.1) is 12.3 Å². The van der Waals surface area contributed by atoms with Gasteiger partial charge in [0.25, 0.3) is 5.56 Å². The molecular formula is C12H11N5O2S. The number of nitrogens with zero attached hydrogens (tertiary/aromatic N) is 1. The summed E-state index contributed by atoms with van der Waals surface area (Å²) >= 11 is 1.07. The lowest BCUT2D eigenvalue weighted by Crippen LogP contribution is -2.27. The SMILES string of the molecule is C#Cc1cc(Nc2s[nH]c(=O)c2NC(=O)NC)ccn1. The van der Waals surface area contributed by atoms with Crippen LogP contribution in [0.4, 0.5) is 21.2 Å². The third-order valence-electron chi connectivity index (χ3n) is 2.33. The first kappa shape index (κ1) is 13.6. The van der Waals surface area contributed by atoms with Gasteiger partial charge in [-0.1, -0.05) is 5.92 Å². The number of aromatic nitrogens is 2. The van der Waals surface area contributed by atoms with Gasteiger partial charge in [0, 0.05) is 18.9 Å². The molecule has 0 unspecified atom stereocenters. The molecule has 0 saturated heterocycles. The van der Waals surface area contributed by atoms with E-state index in [1.54, 1.807) is 18.3 Å². The fraction of sp³-hybridized carbons (Fsp3) is 0.0833. The Hall–Kier alpha value is -2.79. The molecule has 102 valence electrons. The van der Waals surface area contributed by atoms with E-state index in [9.17, 15) is 9.59 Å². The molecule has 0 aliphatic carbocycles. The van der Waals surface area contributed by atoms with E-state index < -0.39 is 6.03 Å². The van der Waals surface area contributed by atoms with Crippen molar-refractivity contribution in [3.05, 3.63) is 34.4 Å². The van der Waals surface area contributed by atoms with E-state index in [2.05, 4.69) is 31.2 Å². The molecular weight excluding hydrogens is 278 g/mol. The zero-order valence-corrected chi connectivity index (χ0v) is 11.3. The summed E-state index contributed by atoms with van der Waals surface area (Å²) in [6.45, 7) is 0. The summed E-state index contributed by atoms with van der Waals surface area (Å²) in [6, 6.07) is 2.89. The summed E-state index contributed by atoms with van der Waals surface area (Å²) in [6.07, 6.45) is 6.83. The van der Waals surface area contributed by atoms with Crippen LogP contribution in [0.2, 0.25) is 0 Å². The van der Waals surface area contributed by atoms with E-state index in [0.717, 1.165) is 11.5 Å². The Labute approximate surface area is 118 Å². The van der Waals surface area contributed by atoms with Gasteiger partial charge in [0.05, 0.1) is 0 Å². The second-order valence-electron chi connectivity index (χ2n) is 3.64. The van der Waals surface area contributed by atoms with Crippen molar-refractivity contribution in [1.82, 2.24) is 14.7 Å². The number of pyridine rings is 1. The Morgan fingerprint density at radius 3 is 3.05 bits per heavy atom. The van der Waals surface area contributed by atoms with Crippen LogP contribution in [0.1, 0.15) is 5.69 Å². The quantitative estimate of drug-likeness (QED) is 0.640. The molecule has 20 heavy (non-hydrogen) atoms.